The molecule has 1 rings (SSSR count). The van der Waals surface area contributed by atoms with Gasteiger partial charge in [-0.2, -0.15) is 0 Å². The van der Waals surface area contributed by atoms with Crippen molar-refractivity contribution < 1.29 is 9.50 Å². The number of phenolic OH excluding ortho intramolecular Hbond substituents is 1. The van der Waals surface area contributed by atoms with E-state index in [4.69, 9.17) is 0 Å². The number of aromatic hydroxyl groups is 1. The van der Waals surface area contributed by atoms with Crippen LogP contribution in [0.2, 0.25) is 0 Å². The molecule has 0 fully saturated rings. The molecule has 0 spiro atoms. The van der Waals surface area contributed by atoms with Crippen LogP contribution in [0.25, 0.3) is 0 Å². The number of hydrogen-bond acceptors (Lipinski definition) is 3. The van der Waals surface area contributed by atoms with Gasteiger partial charge in [-0.1, -0.05) is 13.8 Å². The van der Waals surface area contributed by atoms with Gasteiger partial charge in [-0.3, -0.25) is 4.99 Å². The van der Waals surface area contributed by atoms with E-state index in [1.807, 2.05) is 0 Å². The van der Waals surface area contributed by atoms with Crippen LogP contribution in [0, 0.1) is 5.82 Å². The fourth-order valence-corrected chi connectivity index (χ4v) is 1.72. The van der Waals surface area contributed by atoms with Crippen molar-refractivity contribution in [2.24, 2.45) is 4.99 Å². The lowest BCUT2D eigenvalue weighted by atomic mass is 10.2. The van der Waals surface area contributed by atoms with E-state index in [1.165, 1.54) is 24.4 Å². The normalized spacial score (nSPS) is 11.6. The quantitative estimate of drug-likeness (QED) is 0.598. The topological polar surface area (TPSA) is 35.8 Å². The molecule has 0 bridgehead atoms. The molecule has 0 unspecified atom stereocenters. The van der Waals surface area contributed by atoms with E-state index < -0.39 is 0 Å². The lowest BCUT2D eigenvalue weighted by molar-refractivity contribution is 0.302. The molecule has 3 nitrogen and oxygen atoms in total. The largest absolute Gasteiger partial charge is 0.507 e. The molecule has 4 heteroatoms. The molecule has 0 heterocycles. The third kappa shape index (κ3) is 4.84. The van der Waals surface area contributed by atoms with Crippen molar-refractivity contribution in [3.8, 4) is 5.75 Å². The molecule has 1 aromatic carbocycles. The third-order valence-corrected chi connectivity index (χ3v) is 2.88. The van der Waals surface area contributed by atoms with Crippen LogP contribution in [0.3, 0.4) is 0 Å². The summed E-state index contributed by atoms with van der Waals surface area (Å²) in [5.74, 6) is -0.304. The Morgan fingerprint density at radius 2 is 2.06 bits per heavy atom. The molecule has 0 atom stereocenters. The van der Waals surface area contributed by atoms with E-state index in [2.05, 4.69) is 23.7 Å². The van der Waals surface area contributed by atoms with Crippen LogP contribution in [0.1, 0.15) is 25.8 Å². The monoisotopic (exact) mass is 252 g/mol. The maximum atomic E-state index is 12.9. The predicted octanol–water partition coefficient (Wildman–Crippen LogP) is 2.68. The van der Waals surface area contributed by atoms with Gasteiger partial charge in [-0.15, -0.1) is 0 Å². The number of aliphatic imine (C=N–C) groups is 1. The maximum absolute atomic E-state index is 12.9. The van der Waals surface area contributed by atoms with Crippen molar-refractivity contribution >= 4 is 6.21 Å². The standard InChI is InChI=1S/C14H21FN2O/c1-3-17(4-2)9-5-8-16-11-12-10-13(15)6-7-14(12)18/h6-7,10-11,18H,3-5,8-9H2,1-2H3. The van der Waals surface area contributed by atoms with E-state index >= 15 is 0 Å². The fraction of sp³-hybridized carbons (Fsp3) is 0.500. The second-order valence-electron chi connectivity index (χ2n) is 4.12. The summed E-state index contributed by atoms with van der Waals surface area (Å²) in [7, 11) is 0. The van der Waals surface area contributed by atoms with Gasteiger partial charge in [-0.25, -0.2) is 4.39 Å². The molecular weight excluding hydrogens is 231 g/mol. The van der Waals surface area contributed by atoms with E-state index in [0.717, 1.165) is 26.1 Å². The minimum atomic E-state index is -0.364. The Kier molecular flexibility index (Phi) is 6.36. The fourth-order valence-electron chi connectivity index (χ4n) is 1.72. The van der Waals surface area contributed by atoms with Crippen molar-refractivity contribution in [3.63, 3.8) is 0 Å². The maximum Gasteiger partial charge on any atom is 0.124 e. The van der Waals surface area contributed by atoms with Crippen molar-refractivity contribution in [2.75, 3.05) is 26.2 Å². The molecule has 0 saturated carbocycles. The van der Waals surface area contributed by atoms with Gasteiger partial charge in [0.2, 0.25) is 0 Å². The highest BCUT2D eigenvalue weighted by Gasteiger charge is 2.00. The number of benzene rings is 1. The Morgan fingerprint density at radius 1 is 1.33 bits per heavy atom. The third-order valence-electron chi connectivity index (χ3n) is 2.88. The first kappa shape index (κ1) is 14.6. The number of nitrogens with zero attached hydrogens (tertiary/aromatic N) is 2. The van der Waals surface area contributed by atoms with E-state index in [1.54, 1.807) is 0 Å². The molecule has 1 aromatic rings. The zero-order chi connectivity index (χ0) is 13.4. The molecule has 0 radical (unpaired) electrons. The molecule has 0 aliphatic heterocycles. The van der Waals surface area contributed by atoms with E-state index in [0.29, 0.717) is 12.1 Å². The summed E-state index contributed by atoms with van der Waals surface area (Å²) >= 11 is 0. The summed E-state index contributed by atoms with van der Waals surface area (Å²) in [6.45, 7) is 8.07. The highest BCUT2D eigenvalue weighted by Crippen LogP contribution is 2.15. The Hall–Kier alpha value is -1.42. The van der Waals surface area contributed by atoms with Gasteiger partial charge in [0, 0.05) is 18.3 Å². The Balaban J connectivity index is 2.38. The van der Waals surface area contributed by atoms with Crippen molar-refractivity contribution in [2.45, 2.75) is 20.3 Å². The smallest absolute Gasteiger partial charge is 0.124 e. The molecule has 1 N–H and O–H groups in total. The van der Waals surface area contributed by atoms with Crippen molar-refractivity contribution in [1.29, 1.82) is 0 Å². The second kappa shape index (κ2) is 7.82. The lowest BCUT2D eigenvalue weighted by Crippen LogP contribution is -2.24. The molecule has 0 saturated heterocycles. The molecular formula is C14H21FN2O. The molecule has 0 aromatic heterocycles. The summed E-state index contributed by atoms with van der Waals surface area (Å²) in [5, 5.41) is 9.49. The summed E-state index contributed by atoms with van der Waals surface area (Å²) in [4.78, 5) is 6.53. The van der Waals surface area contributed by atoms with Gasteiger partial charge in [0.15, 0.2) is 0 Å². The molecule has 0 aliphatic carbocycles. The zero-order valence-electron chi connectivity index (χ0n) is 11.1. The summed E-state index contributed by atoms with van der Waals surface area (Å²) in [5.41, 5.74) is 0.429. The van der Waals surface area contributed by atoms with Gasteiger partial charge in [-0.05, 0) is 44.3 Å². The molecule has 100 valence electrons. The van der Waals surface area contributed by atoms with Crippen LogP contribution in [-0.2, 0) is 0 Å². The number of rotatable bonds is 7. The average Bonchev–Trinajstić information content (AvgIpc) is 2.38. The molecule has 0 aliphatic rings. The van der Waals surface area contributed by atoms with Crippen LogP contribution < -0.4 is 0 Å². The van der Waals surface area contributed by atoms with Gasteiger partial charge < -0.3 is 10.0 Å². The first-order chi connectivity index (χ1) is 8.67. The first-order valence-electron chi connectivity index (χ1n) is 6.38. The Morgan fingerprint density at radius 3 is 2.72 bits per heavy atom. The van der Waals surface area contributed by atoms with Gasteiger partial charge in [0.05, 0.1) is 0 Å². The van der Waals surface area contributed by atoms with Gasteiger partial charge >= 0.3 is 0 Å². The van der Waals surface area contributed by atoms with Crippen LogP contribution >= 0.6 is 0 Å². The summed E-state index contributed by atoms with van der Waals surface area (Å²) in [6, 6.07) is 3.85. The molecule has 0 amide bonds. The van der Waals surface area contributed by atoms with Crippen molar-refractivity contribution in [1.82, 2.24) is 4.90 Å². The highest BCUT2D eigenvalue weighted by molar-refractivity contribution is 5.83. The Labute approximate surface area is 108 Å². The highest BCUT2D eigenvalue weighted by atomic mass is 19.1. The van der Waals surface area contributed by atoms with Gasteiger partial charge in [0.25, 0.3) is 0 Å². The van der Waals surface area contributed by atoms with Crippen LogP contribution in [0.5, 0.6) is 5.75 Å². The van der Waals surface area contributed by atoms with Gasteiger partial charge in [0.1, 0.15) is 11.6 Å². The van der Waals surface area contributed by atoms with Crippen LogP contribution in [-0.4, -0.2) is 42.4 Å². The predicted molar refractivity (Wildman–Crippen MR) is 72.9 cm³/mol. The summed E-state index contributed by atoms with van der Waals surface area (Å²) in [6.07, 6.45) is 2.49. The minimum Gasteiger partial charge on any atom is -0.507 e. The average molecular weight is 252 g/mol. The number of phenols is 1. The Bertz CT molecular complexity index is 389. The van der Waals surface area contributed by atoms with Crippen LogP contribution in [0.15, 0.2) is 23.2 Å². The first-order valence-corrected chi connectivity index (χ1v) is 6.38. The van der Waals surface area contributed by atoms with E-state index in [9.17, 15) is 9.50 Å². The molecule has 18 heavy (non-hydrogen) atoms. The minimum absolute atomic E-state index is 0.0592. The number of hydrogen-bond donors (Lipinski definition) is 1. The van der Waals surface area contributed by atoms with E-state index in [-0.39, 0.29) is 11.6 Å². The van der Waals surface area contributed by atoms with Crippen LogP contribution in [0.4, 0.5) is 4.39 Å². The number of halogens is 1. The SMILES string of the molecule is CCN(CC)CCCN=Cc1cc(F)ccc1O. The second-order valence-corrected chi connectivity index (χ2v) is 4.12. The van der Waals surface area contributed by atoms with Crippen molar-refractivity contribution in [3.05, 3.63) is 29.6 Å². The lowest BCUT2D eigenvalue weighted by Gasteiger charge is -2.16. The summed E-state index contributed by atoms with van der Waals surface area (Å²) < 4.78 is 12.9. The zero-order valence-corrected chi connectivity index (χ0v) is 11.1.